The lowest BCUT2D eigenvalue weighted by Crippen LogP contribution is -1.89. The van der Waals surface area contributed by atoms with Crippen LogP contribution in [-0.2, 0) is 0 Å². The minimum atomic E-state index is 1.10. The van der Waals surface area contributed by atoms with Gasteiger partial charge < -0.3 is 0 Å². The number of hydrogen-bond acceptors (Lipinski definition) is 3. The van der Waals surface area contributed by atoms with Crippen LogP contribution < -0.4 is 0 Å². The van der Waals surface area contributed by atoms with Gasteiger partial charge in [0.1, 0.15) is 0 Å². The van der Waals surface area contributed by atoms with E-state index in [0.717, 1.165) is 5.69 Å². The van der Waals surface area contributed by atoms with Gasteiger partial charge in [0.25, 0.3) is 0 Å². The third-order valence-electron chi connectivity index (χ3n) is 8.64. The Kier molecular flexibility index (Phi) is 4.01. The summed E-state index contributed by atoms with van der Waals surface area (Å²) in [5.41, 5.74) is 7.62. The molecule has 0 saturated carbocycles. The molecule has 0 fully saturated rings. The molecule has 0 spiro atoms. The van der Waals surface area contributed by atoms with Crippen LogP contribution in [0.15, 0.2) is 115 Å². The van der Waals surface area contributed by atoms with Gasteiger partial charge in [0.15, 0.2) is 0 Å². The maximum atomic E-state index is 4.91. The lowest BCUT2D eigenvalue weighted by Gasteiger charge is -2.16. The van der Waals surface area contributed by atoms with Crippen LogP contribution in [0.2, 0.25) is 0 Å². The SMILES string of the molecule is c1cnc2c(c1)-c1cccc3c(-c4c5sc6ccccc6c5cc5c4sc4ccccc45)c4ccccc4c-2c13. The first kappa shape index (κ1) is 21.3. The molecule has 1 nitrogen and oxygen atoms in total. The quantitative estimate of drug-likeness (QED) is 0.188. The maximum absolute atomic E-state index is 4.91. The van der Waals surface area contributed by atoms with Crippen LogP contribution in [0.5, 0.6) is 0 Å². The number of thiophene rings is 2. The highest BCUT2D eigenvalue weighted by molar-refractivity contribution is 7.29. The van der Waals surface area contributed by atoms with Crippen LogP contribution in [0.4, 0.5) is 0 Å². The van der Waals surface area contributed by atoms with Crippen LogP contribution >= 0.6 is 22.7 Å². The standard InChI is InChI=1S/C37H19NS2/c1-2-12-23-22(11-1)32(26-14-7-13-24-25-15-8-18-38-35(25)33(23)31(24)26)34-36-27(20-9-3-5-16-29(20)39-36)19-28-21-10-4-6-17-30(21)40-37(28)34/h1-19H. The Hall–Kier alpha value is -4.57. The van der Waals surface area contributed by atoms with E-state index < -0.39 is 0 Å². The molecule has 0 unspecified atom stereocenters. The predicted octanol–water partition coefficient (Wildman–Crippen LogP) is 11.4. The molecule has 0 bridgehead atoms. The number of nitrogens with zero attached hydrogens (tertiary/aromatic N) is 1. The smallest absolute Gasteiger partial charge is 0.0793 e. The topological polar surface area (TPSA) is 12.9 Å². The summed E-state index contributed by atoms with van der Waals surface area (Å²) in [5.74, 6) is 0. The Balaban J connectivity index is 1.51. The van der Waals surface area contributed by atoms with Gasteiger partial charge in [-0.05, 0) is 46.0 Å². The first-order valence-corrected chi connectivity index (χ1v) is 15.2. The van der Waals surface area contributed by atoms with Crippen molar-refractivity contribution >= 4 is 84.6 Å². The Morgan fingerprint density at radius 2 is 1.00 bits per heavy atom. The summed E-state index contributed by atoms with van der Waals surface area (Å²) < 4.78 is 5.43. The highest BCUT2D eigenvalue weighted by Gasteiger charge is 2.29. The fourth-order valence-corrected chi connectivity index (χ4v) is 9.60. The number of hydrogen-bond donors (Lipinski definition) is 0. The third-order valence-corrected chi connectivity index (χ3v) is 11.1. The summed E-state index contributed by atoms with van der Waals surface area (Å²) in [6, 6.07) is 40.3. The van der Waals surface area contributed by atoms with Gasteiger partial charge in [-0.15, -0.1) is 22.7 Å². The molecule has 184 valence electrons. The monoisotopic (exact) mass is 541 g/mol. The third kappa shape index (κ3) is 2.55. The summed E-state index contributed by atoms with van der Waals surface area (Å²) in [6.07, 6.45) is 1.93. The van der Waals surface area contributed by atoms with E-state index in [9.17, 15) is 0 Å². The van der Waals surface area contributed by atoms with Gasteiger partial charge in [-0.25, -0.2) is 0 Å². The molecule has 3 heteroatoms. The Morgan fingerprint density at radius 1 is 0.425 bits per heavy atom. The minimum Gasteiger partial charge on any atom is -0.256 e. The molecule has 0 aliphatic heterocycles. The molecule has 0 radical (unpaired) electrons. The molecule has 0 saturated heterocycles. The molecule has 6 aromatic carbocycles. The van der Waals surface area contributed by atoms with E-state index in [4.69, 9.17) is 4.98 Å². The zero-order valence-corrected chi connectivity index (χ0v) is 22.9. The van der Waals surface area contributed by atoms with E-state index in [0.29, 0.717) is 0 Å². The van der Waals surface area contributed by atoms with E-state index in [1.165, 1.54) is 89.7 Å². The molecule has 1 aliphatic carbocycles. The van der Waals surface area contributed by atoms with Crippen molar-refractivity contribution in [1.82, 2.24) is 4.98 Å². The molecular weight excluding hydrogens is 523 g/mol. The van der Waals surface area contributed by atoms with Crippen molar-refractivity contribution in [2.24, 2.45) is 0 Å². The predicted molar refractivity (Wildman–Crippen MR) is 175 cm³/mol. The lowest BCUT2D eigenvalue weighted by molar-refractivity contribution is 1.35. The average Bonchev–Trinajstić information content (AvgIpc) is 3.68. The van der Waals surface area contributed by atoms with Crippen molar-refractivity contribution in [2.45, 2.75) is 0 Å². The van der Waals surface area contributed by atoms with Gasteiger partial charge in [-0.3, -0.25) is 4.98 Å². The zero-order valence-electron chi connectivity index (χ0n) is 21.2. The summed E-state index contributed by atoms with van der Waals surface area (Å²) in [7, 11) is 0. The number of rotatable bonds is 1. The molecule has 0 N–H and O–H groups in total. The minimum absolute atomic E-state index is 1.10. The van der Waals surface area contributed by atoms with Gasteiger partial charge in [0.05, 0.1) is 5.69 Å². The molecule has 3 heterocycles. The number of aromatic nitrogens is 1. The molecule has 40 heavy (non-hydrogen) atoms. The largest absolute Gasteiger partial charge is 0.256 e. The van der Waals surface area contributed by atoms with Crippen LogP contribution in [-0.4, -0.2) is 4.98 Å². The van der Waals surface area contributed by atoms with E-state index in [1.807, 2.05) is 28.9 Å². The molecular formula is C37H19NS2. The maximum Gasteiger partial charge on any atom is 0.0793 e. The summed E-state index contributed by atoms with van der Waals surface area (Å²) in [4.78, 5) is 4.91. The van der Waals surface area contributed by atoms with Gasteiger partial charge in [0, 0.05) is 74.2 Å². The van der Waals surface area contributed by atoms with Crippen molar-refractivity contribution in [1.29, 1.82) is 0 Å². The highest BCUT2D eigenvalue weighted by atomic mass is 32.1. The van der Waals surface area contributed by atoms with Crippen molar-refractivity contribution < 1.29 is 0 Å². The van der Waals surface area contributed by atoms with E-state index >= 15 is 0 Å². The molecule has 3 aromatic heterocycles. The molecule has 10 rings (SSSR count). The molecule has 1 aliphatic rings. The number of pyridine rings is 1. The molecule has 0 atom stereocenters. The average molecular weight is 542 g/mol. The van der Waals surface area contributed by atoms with Crippen LogP contribution in [0, 0.1) is 0 Å². The van der Waals surface area contributed by atoms with Crippen LogP contribution in [0.1, 0.15) is 0 Å². The van der Waals surface area contributed by atoms with Crippen molar-refractivity contribution in [3.63, 3.8) is 0 Å². The van der Waals surface area contributed by atoms with Crippen molar-refractivity contribution in [2.75, 3.05) is 0 Å². The van der Waals surface area contributed by atoms with E-state index in [1.54, 1.807) is 0 Å². The summed E-state index contributed by atoms with van der Waals surface area (Å²) in [6.45, 7) is 0. The fourth-order valence-electron chi connectivity index (χ4n) is 7.05. The second kappa shape index (κ2) is 7.54. The van der Waals surface area contributed by atoms with Crippen molar-refractivity contribution in [3.8, 4) is 33.5 Å². The van der Waals surface area contributed by atoms with E-state index in [-0.39, 0.29) is 0 Å². The highest BCUT2D eigenvalue weighted by Crippen LogP contribution is 2.56. The van der Waals surface area contributed by atoms with Gasteiger partial charge in [-0.2, -0.15) is 0 Å². The second-order valence-electron chi connectivity index (χ2n) is 10.6. The van der Waals surface area contributed by atoms with Crippen LogP contribution in [0.3, 0.4) is 0 Å². The number of benzene rings is 6. The van der Waals surface area contributed by atoms with Gasteiger partial charge >= 0.3 is 0 Å². The fraction of sp³-hybridized carbons (Fsp3) is 0. The molecule has 0 amide bonds. The van der Waals surface area contributed by atoms with Gasteiger partial charge in [0.2, 0.25) is 0 Å². The summed E-state index contributed by atoms with van der Waals surface area (Å²) in [5, 5.41) is 10.6. The van der Waals surface area contributed by atoms with Crippen LogP contribution in [0.25, 0.3) is 95.4 Å². The normalized spacial score (nSPS) is 12.5. The van der Waals surface area contributed by atoms with Gasteiger partial charge in [-0.1, -0.05) is 84.9 Å². The first-order valence-electron chi connectivity index (χ1n) is 13.6. The Labute approximate surface area is 237 Å². The second-order valence-corrected chi connectivity index (χ2v) is 12.7. The Bertz CT molecular complexity index is 2460. The first-order chi connectivity index (χ1) is 19.9. The zero-order chi connectivity index (χ0) is 25.9. The number of fused-ring (bicyclic) bond motifs is 11. The molecule has 9 aromatic rings. The van der Waals surface area contributed by atoms with Crippen molar-refractivity contribution in [3.05, 3.63) is 115 Å². The lowest BCUT2D eigenvalue weighted by atomic mass is 9.87. The van der Waals surface area contributed by atoms with E-state index in [2.05, 4.69) is 109 Å². The Morgan fingerprint density at radius 3 is 1.70 bits per heavy atom. The summed E-state index contributed by atoms with van der Waals surface area (Å²) >= 11 is 3.86.